The van der Waals surface area contributed by atoms with Crippen molar-refractivity contribution in [3.63, 3.8) is 0 Å². The third-order valence-electron chi connectivity index (χ3n) is 2.36. The molecule has 1 heterocycles. The number of rotatable bonds is 2. The summed E-state index contributed by atoms with van der Waals surface area (Å²) in [7, 11) is 1.99. The summed E-state index contributed by atoms with van der Waals surface area (Å²) in [5.74, 6) is 1.85. The molecular weight excluding hydrogens is 212 g/mol. The highest BCUT2D eigenvalue weighted by atomic mass is 16.5. The zero-order valence-corrected chi connectivity index (χ0v) is 10.8. The van der Waals surface area contributed by atoms with Crippen LogP contribution in [0.4, 0.5) is 0 Å². The lowest BCUT2D eigenvalue weighted by molar-refractivity contribution is 0.131. The molecule has 90 valence electrons. The zero-order chi connectivity index (χ0) is 12.5. The fourth-order valence-electron chi connectivity index (χ4n) is 1.67. The Morgan fingerprint density at radius 1 is 1.12 bits per heavy atom. The first-order valence-electron chi connectivity index (χ1n) is 5.72. The van der Waals surface area contributed by atoms with Gasteiger partial charge in [-0.3, -0.25) is 0 Å². The Hall–Kier alpha value is -1.77. The van der Waals surface area contributed by atoms with E-state index < -0.39 is 0 Å². The normalized spacial score (nSPS) is 11.5. The molecule has 0 N–H and O–H groups in total. The lowest BCUT2D eigenvalue weighted by atomic mass is 10.1. The second-order valence-corrected chi connectivity index (χ2v) is 5.10. The lowest BCUT2D eigenvalue weighted by Crippen LogP contribution is -2.22. The monoisotopic (exact) mass is 230 g/mol. The highest BCUT2D eigenvalue weighted by Crippen LogP contribution is 2.23. The molecular formula is C14H18N2O. The van der Waals surface area contributed by atoms with Gasteiger partial charge in [-0.05, 0) is 45.0 Å². The van der Waals surface area contributed by atoms with Crippen LogP contribution in [0.5, 0.6) is 5.75 Å². The summed E-state index contributed by atoms with van der Waals surface area (Å²) in [6.45, 7) is 6.12. The van der Waals surface area contributed by atoms with Crippen LogP contribution in [0.25, 0.3) is 11.4 Å². The first-order chi connectivity index (χ1) is 7.96. The van der Waals surface area contributed by atoms with Gasteiger partial charge in [0.2, 0.25) is 0 Å². The van der Waals surface area contributed by atoms with Gasteiger partial charge < -0.3 is 9.30 Å². The van der Waals surface area contributed by atoms with Gasteiger partial charge in [0.15, 0.2) is 0 Å². The van der Waals surface area contributed by atoms with E-state index in [-0.39, 0.29) is 5.60 Å². The summed E-state index contributed by atoms with van der Waals surface area (Å²) in [6.07, 6.45) is 3.74. The predicted octanol–water partition coefficient (Wildman–Crippen LogP) is 3.26. The second-order valence-electron chi connectivity index (χ2n) is 5.10. The van der Waals surface area contributed by atoms with E-state index in [1.165, 1.54) is 0 Å². The van der Waals surface area contributed by atoms with Crippen molar-refractivity contribution in [3.05, 3.63) is 36.7 Å². The van der Waals surface area contributed by atoms with E-state index in [1.54, 1.807) is 6.20 Å². The van der Waals surface area contributed by atoms with Crippen LogP contribution in [0.1, 0.15) is 20.8 Å². The number of nitrogens with zero attached hydrogens (tertiary/aromatic N) is 2. The van der Waals surface area contributed by atoms with Gasteiger partial charge in [0.25, 0.3) is 0 Å². The van der Waals surface area contributed by atoms with Gasteiger partial charge in [-0.15, -0.1) is 0 Å². The van der Waals surface area contributed by atoms with Crippen LogP contribution >= 0.6 is 0 Å². The number of benzene rings is 1. The molecule has 3 heteroatoms. The van der Waals surface area contributed by atoms with Crippen LogP contribution in [-0.2, 0) is 7.05 Å². The average molecular weight is 230 g/mol. The fraction of sp³-hybridized carbons (Fsp3) is 0.357. The van der Waals surface area contributed by atoms with Gasteiger partial charge in [-0.2, -0.15) is 0 Å². The smallest absolute Gasteiger partial charge is 0.139 e. The molecule has 0 aliphatic carbocycles. The molecule has 2 aromatic rings. The molecule has 0 amide bonds. The van der Waals surface area contributed by atoms with Crippen molar-refractivity contribution in [3.8, 4) is 17.1 Å². The van der Waals surface area contributed by atoms with Crippen LogP contribution in [0.3, 0.4) is 0 Å². The van der Waals surface area contributed by atoms with Crippen LogP contribution < -0.4 is 4.74 Å². The minimum Gasteiger partial charge on any atom is -0.488 e. The quantitative estimate of drug-likeness (QED) is 0.791. The summed E-state index contributed by atoms with van der Waals surface area (Å²) in [6, 6.07) is 8.03. The average Bonchev–Trinajstić information content (AvgIpc) is 2.63. The highest BCUT2D eigenvalue weighted by Gasteiger charge is 2.11. The number of aromatic nitrogens is 2. The van der Waals surface area contributed by atoms with Crippen molar-refractivity contribution in [1.29, 1.82) is 0 Å². The second kappa shape index (κ2) is 4.24. The van der Waals surface area contributed by atoms with Crippen molar-refractivity contribution in [1.82, 2.24) is 9.55 Å². The molecule has 2 rings (SSSR count). The molecule has 0 saturated carbocycles. The van der Waals surface area contributed by atoms with Gasteiger partial charge in [0.05, 0.1) is 0 Å². The van der Waals surface area contributed by atoms with E-state index in [1.807, 2.05) is 62.8 Å². The minimum absolute atomic E-state index is 0.162. The Morgan fingerprint density at radius 3 is 2.24 bits per heavy atom. The Balaban J connectivity index is 2.22. The third kappa shape index (κ3) is 2.87. The largest absolute Gasteiger partial charge is 0.488 e. The Labute approximate surface area is 102 Å². The summed E-state index contributed by atoms with van der Waals surface area (Å²) in [4.78, 5) is 4.31. The molecule has 0 radical (unpaired) electrons. The van der Waals surface area contributed by atoms with Crippen LogP contribution in [-0.4, -0.2) is 15.2 Å². The van der Waals surface area contributed by atoms with Crippen molar-refractivity contribution in [2.24, 2.45) is 7.05 Å². The van der Waals surface area contributed by atoms with E-state index in [0.29, 0.717) is 0 Å². The maximum absolute atomic E-state index is 5.78. The fourth-order valence-corrected chi connectivity index (χ4v) is 1.67. The molecule has 0 spiro atoms. The summed E-state index contributed by atoms with van der Waals surface area (Å²) in [5.41, 5.74) is 0.934. The molecule has 0 saturated heterocycles. The van der Waals surface area contributed by atoms with Gasteiger partial charge in [0, 0.05) is 25.0 Å². The number of hydrogen-bond acceptors (Lipinski definition) is 2. The lowest BCUT2D eigenvalue weighted by Gasteiger charge is -2.21. The van der Waals surface area contributed by atoms with Crippen molar-refractivity contribution in [2.75, 3.05) is 0 Å². The van der Waals surface area contributed by atoms with Gasteiger partial charge in [0.1, 0.15) is 17.2 Å². The maximum atomic E-state index is 5.78. The molecule has 0 bridgehead atoms. The zero-order valence-electron chi connectivity index (χ0n) is 10.8. The van der Waals surface area contributed by atoms with Crippen molar-refractivity contribution >= 4 is 0 Å². The number of hydrogen-bond donors (Lipinski definition) is 0. The van der Waals surface area contributed by atoms with Gasteiger partial charge >= 0.3 is 0 Å². The van der Waals surface area contributed by atoms with Crippen molar-refractivity contribution in [2.45, 2.75) is 26.4 Å². The topological polar surface area (TPSA) is 27.1 Å². The van der Waals surface area contributed by atoms with Gasteiger partial charge in [-0.25, -0.2) is 4.98 Å². The molecule has 0 aliphatic rings. The summed E-state index contributed by atoms with van der Waals surface area (Å²) in [5, 5.41) is 0. The third-order valence-corrected chi connectivity index (χ3v) is 2.36. The van der Waals surface area contributed by atoms with E-state index in [9.17, 15) is 0 Å². The van der Waals surface area contributed by atoms with E-state index >= 15 is 0 Å². The van der Waals surface area contributed by atoms with Crippen LogP contribution in [0.2, 0.25) is 0 Å². The molecule has 1 aromatic heterocycles. The molecule has 17 heavy (non-hydrogen) atoms. The Bertz CT molecular complexity index is 492. The Kier molecular flexibility index (Phi) is 2.92. The number of aryl methyl sites for hydroxylation is 1. The van der Waals surface area contributed by atoms with Crippen LogP contribution in [0.15, 0.2) is 36.7 Å². The SMILES string of the molecule is Cn1ccnc1-c1ccc(OC(C)(C)C)cc1. The molecule has 0 atom stereocenters. The van der Waals surface area contributed by atoms with E-state index in [4.69, 9.17) is 4.74 Å². The predicted molar refractivity (Wildman–Crippen MR) is 69.0 cm³/mol. The van der Waals surface area contributed by atoms with Crippen LogP contribution in [0, 0.1) is 0 Å². The summed E-state index contributed by atoms with van der Waals surface area (Å²) >= 11 is 0. The Morgan fingerprint density at radius 2 is 1.76 bits per heavy atom. The number of ether oxygens (including phenoxy) is 1. The number of imidazole rings is 1. The van der Waals surface area contributed by atoms with E-state index in [2.05, 4.69) is 4.98 Å². The molecule has 0 unspecified atom stereocenters. The first-order valence-corrected chi connectivity index (χ1v) is 5.72. The van der Waals surface area contributed by atoms with E-state index in [0.717, 1.165) is 17.1 Å². The first kappa shape index (κ1) is 11.7. The summed E-state index contributed by atoms with van der Waals surface area (Å²) < 4.78 is 7.78. The van der Waals surface area contributed by atoms with Crippen molar-refractivity contribution < 1.29 is 4.74 Å². The maximum Gasteiger partial charge on any atom is 0.139 e. The van der Waals surface area contributed by atoms with Gasteiger partial charge in [-0.1, -0.05) is 0 Å². The molecule has 0 fully saturated rings. The minimum atomic E-state index is -0.162. The molecule has 1 aromatic carbocycles. The molecule has 0 aliphatic heterocycles. The molecule has 3 nitrogen and oxygen atoms in total. The standard InChI is InChI=1S/C14H18N2O/c1-14(2,3)17-12-7-5-11(6-8-12)13-15-9-10-16(13)4/h5-10H,1-4H3. The highest BCUT2D eigenvalue weighted by molar-refractivity contribution is 5.56.